The molecule has 0 aliphatic rings. The van der Waals surface area contributed by atoms with Crippen molar-refractivity contribution in [1.82, 2.24) is 9.88 Å². The standard InChI is InChI=1S/C12H17NO3.C7H18N2/c1-6(2)9-8(5-14)13-11(7(3)4)10(9)12(15)16;1-3-9(4-2)7-5-6-8/h5-7,13H,1-4H3,(H,15,16);3-8H2,1-2H3. The molecular weight excluding hydrogens is 318 g/mol. The Labute approximate surface area is 151 Å². The first-order valence-electron chi connectivity index (χ1n) is 9.11. The zero-order chi connectivity index (χ0) is 19.6. The number of H-pyrrole nitrogens is 1. The number of hydrogen-bond donors (Lipinski definition) is 3. The van der Waals surface area contributed by atoms with E-state index in [0.29, 0.717) is 23.2 Å². The molecule has 1 aromatic heterocycles. The third kappa shape index (κ3) is 7.00. The Kier molecular flexibility index (Phi) is 11.0. The summed E-state index contributed by atoms with van der Waals surface area (Å²) in [5, 5.41) is 9.22. The lowest BCUT2D eigenvalue weighted by Crippen LogP contribution is -2.25. The van der Waals surface area contributed by atoms with Crippen molar-refractivity contribution in [2.24, 2.45) is 5.73 Å². The minimum atomic E-state index is -0.975. The van der Waals surface area contributed by atoms with Crippen LogP contribution in [0, 0.1) is 0 Å². The van der Waals surface area contributed by atoms with Gasteiger partial charge in [-0.15, -0.1) is 0 Å². The highest BCUT2D eigenvalue weighted by molar-refractivity contribution is 5.94. The van der Waals surface area contributed by atoms with Crippen LogP contribution < -0.4 is 5.73 Å². The van der Waals surface area contributed by atoms with E-state index in [2.05, 4.69) is 23.7 Å². The van der Waals surface area contributed by atoms with Gasteiger partial charge in [-0.3, -0.25) is 4.79 Å². The molecule has 0 aromatic carbocycles. The molecule has 0 saturated carbocycles. The van der Waals surface area contributed by atoms with Crippen molar-refractivity contribution in [2.45, 2.75) is 59.8 Å². The second-order valence-electron chi connectivity index (χ2n) is 6.64. The van der Waals surface area contributed by atoms with Crippen LogP contribution >= 0.6 is 0 Å². The summed E-state index contributed by atoms with van der Waals surface area (Å²) >= 11 is 0. The Hall–Kier alpha value is -1.66. The molecule has 0 radical (unpaired) electrons. The fourth-order valence-electron chi connectivity index (χ4n) is 2.77. The fraction of sp³-hybridized carbons (Fsp3) is 0.684. The van der Waals surface area contributed by atoms with Crippen molar-refractivity contribution in [3.63, 3.8) is 0 Å². The normalized spacial score (nSPS) is 11.0. The van der Waals surface area contributed by atoms with Crippen LogP contribution in [-0.4, -0.2) is 53.4 Å². The number of nitrogens with two attached hydrogens (primary N) is 1. The van der Waals surface area contributed by atoms with Crippen LogP contribution in [0.1, 0.15) is 91.9 Å². The number of rotatable bonds is 9. The number of aromatic amines is 1. The summed E-state index contributed by atoms with van der Waals surface area (Å²) in [6.07, 6.45) is 1.81. The number of aromatic carboxylic acids is 1. The van der Waals surface area contributed by atoms with E-state index in [0.717, 1.165) is 32.6 Å². The second-order valence-corrected chi connectivity index (χ2v) is 6.64. The molecule has 1 aromatic rings. The van der Waals surface area contributed by atoms with Gasteiger partial charge in [0.25, 0.3) is 0 Å². The number of hydrogen-bond acceptors (Lipinski definition) is 4. The van der Waals surface area contributed by atoms with Crippen molar-refractivity contribution in [1.29, 1.82) is 0 Å². The maximum atomic E-state index is 11.2. The van der Waals surface area contributed by atoms with E-state index in [9.17, 15) is 14.7 Å². The van der Waals surface area contributed by atoms with E-state index < -0.39 is 5.97 Å². The highest BCUT2D eigenvalue weighted by atomic mass is 16.4. The first kappa shape index (κ1) is 23.3. The molecule has 0 saturated heterocycles. The van der Waals surface area contributed by atoms with Gasteiger partial charge in [0.1, 0.15) is 0 Å². The van der Waals surface area contributed by atoms with Gasteiger partial charge in [-0.2, -0.15) is 0 Å². The molecule has 0 aliphatic carbocycles. The van der Waals surface area contributed by atoms with Gasteiger partial charge in [-0.1, -0.05) is 41.5 Å². The van der Waals surface area contributed by atoms with E-state index >= 15 is 0 Å². The van der Waals surface area contributed by atoms with Crippen LogP contribution in [0.25, 0.3) is 0 Å². The summed E-state index contributed by atoms with van der Waals surface area (Å²) in [6.45, 7) is 16.2. The molecule has 6 nitrogen and oxygen atoms in total. The summed E-state index contributed by atoms with van der Waals surface area (Å²) in [6, 6.07) is 0. The molecule has 1 heterocycles. The van der Waals surface area contributed by atoms with Gasteiger partial charge in [0, 0.05) is 5.69 Å². The highest BCUT2D eigenvalue weighted by Crippen LogP contribution is 2.30. The highest BCUT2D eigenvalue weighted by Gasteiger charge is 2.25. The molecule has 4 N–H and O–H groups in total. The molecule has 6 heteroatoms. The molecule has 0 amide bonds. The van der Waals surface area contributed by atoms with Gasteiger partial charge >= 0.3 is 5.97 Å². The average molecular weight is 354 g/mol. The molecule has 0 bridgehead atoms. The monoisotopic (exact) mass is 353 g/mol. The molecular formula is C19H35N3O3. The van der Waals surface area contributed by atoms with Gasteiger partial charge in [-0.25, -0.2) is 4.79 Å². The lowest BCUT2D eigenvalue weighted by atomic mass is 9.95. The molecule has 0 fully saturated rings. The zero-order valence-corrected chi connectivity index (χ0v) is 16.6. The predicted octanol–water partition coefficient (Wildman–Crippen LogP) is 3.45. The molecule has 0 atom stereocenters. The van der Waals surface area contributed by atoms with Crippen molar-refractivity contribution in [3.8, 4) is 0 Å². The first-order valence-corrected chi connectivity index (χ1v) is 9.11. The summed E-state index contributed by atoms with van der Waals surface area (Å²) < 4.78 is 0. The van der Waals surface area contributed by atoms with Crippen molar-refractivity contribution in [3.05, 3.63) is 22.5 Å². The van der Waals surface area contributed by atoms with E-state index in [1.54, 1.807) is 0 Å². The van der Waals surface area contributed by atoms with Crippen LogP contribution in [0.4, 0.5) is 0 Å². The quantitative estimate of drug-likeness (QED) is 0.591. The zero-order valence-electron chi connectivity index (χ0n) is 16.6. The number of carboxylic acid groups (broad SMARTS) is 1. The lowest BCUT2D eigenvalue weighted by Gasteiger charge is -2.16. The number of carbonyl (C=O) groups is 2. The minimum Gasteiger partial charge on any atom is -0.478 e. The molecule has 0 aliphatic heterocycles. The van der Waals surface area contributed by atoms with Crippen LogP contribution in [0.3, 0.4) is 0 Å². The number of carboxylic acids is 1. The number of carbonyl (C=O) groups excluding carboxylic acids is 1. The Balaban J connectivity index is 0.000000547. The second kappa shape index (κ2) is 11.8. The lowest BCUT2D eigenvalue weighted by molar-refractivity contribution is 0.0694. The van der Waals surface area contributed by atoms with E-state index in [4.69, 9.17) is 5.73 Å². The van der Waals surface area contributed by atoms with Crippen molar-refractivity contribution >= 4 is 12.3 Å². The van der Waals surface area contributed by atoms with Crippen LogP contribution in [0.15, 0.2) is 0 Å². The van der Waals surface area contributed by atoms with Gasteiger partial charge in [-0.05, 0) is 50.0 Å². The van der Waals surface area contributed by atoms with Crippen molar-refractivity contribution in [2.75, 3.05) is 26.2 Å². The smallest absolute Gasteiger partial charge is 0.337 e. The first-order chi connectivity index (χ1) is 11.7. The van der Waals surface area contributed by atoms with E-state index in [1.165, 1.54) is 0 Å². The molecule has 0 spiro atoms. The Bertz CT molecular complexity index is 532. The number of nitrogens with one attached hydrogen (secondary N) is 1. The van der Waals surface area contributed by atoms with Crippen LogP contribution in [0.2, 0.25) is 0 Å². The number of nitrogens with zero attached hydrogens (tertiary/aromatic N) is 1. The van der Waals surface area contributed by atoms with Gasteiger partial charge in [0.05, 0.1) is 11.3 Å². The molecule has 144 valence electrons. The topological polar surface area (TPSA) is 99.4 Å². The SMILES string of the molecule is CC(C)c1[nH]c(C=O)c(C(C)C)c1C(=O)O.CCN(CC)CCCN. The average Bonchev–Trinajstić information content (AvgIpc) is 2.97. The number of aldehydes is 1. The van der Waals surface area contributed by atoms with E-state index in [-0.39, 0.29) is 17.4 Å². The van der Waals surface area contributed by atoms with E-state index in [1.807, 2.05) is 27.7 Å². The maximum Gasteiger partial charge on any atom is 0.337 e. The van der Waals surface area contributed by atoms with Gasteiger partial charge < -0.3 is 20.7 Å². The Morgan fingerprint density at radius 3 is 2.08 bits per heavy atom. The molecule has 0 unspecified atom stereocenters. The summed E-state index contributed by atoms with van der Waals surface area (Å²) in [5.74, 6) is -0.913. The van der Waals surface area contributed by atoms with Gasteiger partial charge in [0.15, 0.2) is 6.29 Å². The third-order valence-corrected chi connectivity index (χ3v) is 4.16. The summed E-state index contributed by atoms with van der Waals surface area (Å²) in [5.41, 5.74) is 7.23. The fourth-order valence-corrected chi connectivity index (χ4v) is 2.77. The molecule has 1 rings (SSSR count). The van der Waals surface area contributed by atoms with Crippen LogP contribution in [-0.2, 0) is 0 Å². The molecule has 25 heavy (non-hydrogen) atoms. The summed E-state index contributed by atoms with van der Waals surface area (Å²) in [7, 11) is 0. The number of aromatic nitrogens is 1. The minimum absolute atomic E-state index is 0.00931. The van der Waals surface area contributed by atoms with Crippen LogP contribution in [0.5, 0.6) is 0 Å². The largest absolute Gasteiger partial charge is 0.478 e. The Morgan fingerprint density at radius 2 is 1.76 bits per heavy atom. The Morgan fingerprint density at radius 1 is 1.20 bits per heavy atom. The van der Waals surface area contributed by atoms with Gasteiger partial charge in [0.2, 0.25) is 0 Å². The third-order valence-electron chi connectivity index (χ3n) is 4.16. The van der Waals surface area contributed by atoms with Crippen molar-refractivity contribution < 1.29 is 14.7 Å². The predicted molar refractivity (Wildman–Crippen MR) is 103 cm³/mol. The maximum absolute atomic E-state index is 11.2. The summed E-state index contributed by atoms with van der Waals surface area (Å²) in [4.78, 5) is 27.5.